The molecule has 0 bridgehead atoms. The molecule has 0 aliphatic rings. The van der Waals surface area contributed by atoms with Crippen molar-refractivity contribution < 1.29 is 4.79 Å². The van der Waals surface area contributed by atoms with Gasteiger partial charge in [-0.05, 0) is 54.5 Å². The lowest BCUT2D eigenvalue weighted by atomic mass is 9.92. The van der Waals surface area contributed by atoms with Crippen molar-refractivity contribution in [2.24, 2.45) is 0 Å². The molecule has 8 nitrogen and oxygen atoms in total. The maximum absolute atomic E-state index is 13.1. The topological polar surface area (TPSA) is 90.5 Å². The van der Waals surface area contributed by atoms with Gasteiger partial charge < -0.3 is 5.32 Å². The van der Waals surface area contributed by atoms with Crippen molar-refractivity contribution in [2.45, 2.75) is 86.6 Å². The molecule has 0 atom stereocenters. The first kappa shape index (κ1) is 23.6. The number of carbonyl (C=O) groups is 1. The van der Waals surface area contributed by atoms with Crippen molar-refractivity contribution in [3.05, 3.63) is 46.2 Å². The monoisotopic (exact) mass is 437 g/mol. The second-order valence-electron chi connectivity index (χ2n) is 10.5. The number of nitrogens with one attached hydrogen (secondary N) is 1. The number of nitrogens with zero attached hydrogens (tertiary/aromatic N) is 6. The average molecular weight is 438 g/mol. The van der Waals surface area contributed by atoms with Crippen LogP contribution in [0.1, 0.15) is 75.6 Å². The van der Waals surface area contributed by atoms with E-state index in [2.05, 4.69) is 61.9 Å². The fourth-order valence-electron chi connectivity index (χ4n) is 3.62. The fourth-order valence-corrected chi connectivity index (χ4v) is 3.62. The Bertz CT molecular complexity index is 1140. The van der Waals surface area contributed by atoms with E-state index in [1.54, 1.807) is 4.68 Å². The van der Waals surface area contributed by atoms with Gasteiger partial charge in [-0.1, -0.05) is 20.8 Å². The Morgan fingerprint density at radius 1 is 0.938 bits per heavy atom. The summed E-state index contributed by atoms with van der Waals surface area (Å²) in [6, 6.07) is 3.89. The van der Waals surface area contributed by atoms with Crippen molar-refractivity contribution in [3.8, 4) is 5.95 Å². The Morgan fingerprint density at radius 3 is 2.06 bits per heavy atom. The molecule has 0 spiro atoms. The molecule has 172 valence electrons. The lowest BCUT2D eigenvalue weighted by molar-refractivity contribution is -0.115. The Kier molecular flexibility index (Phi) is 6.02. The number of aryl methyl sites for hydroxylation is 3. The summed E-state index contributed by atoms with van der Waals surface area (Å²) in [7, 11) is 0. The van der Waals surface area contributed by atoms with Crippen LogP contribution in [-0.4, -0.2) is 35.4 Å². The van der Waals surface area contributed by atoms with Crippen LogP contribution in [0.5, 0.6) is 0 Å². The highest BCUT2D eigenvalue weighted by molar-refractivity contribution is 5.92. The molecule has 0 saturated carbocycles. The van der Waals surface area contributed by atoms with E-state index in [-0.39, 0.29) is 23.3 Å². The highest BCUT2D eigenvalue weighted by Crippen LogP contribution is 2.28. The molecule has 3 aromatic heterocycles. The SMILES string of the molecule is Cc1cc(C)nc(-n2nc(C)c(CC(=O)Nc3cc(C(C)(C)C)nn3C(C)(C)C)c2C)n1. The summed E-state index contributed by atoms with van der Waals surface area (Å²) in [5.41, 5.74) is 4.86. The van der Waals surface area contributed by atoms with Crippen molar-refractivity contribution in [2.75, 3.05) is 5.32 Å². The van der Waals surface area contributed by atoms with Gasteiger partial charge in [0.1, 0.15) is 5.82 Å². The smallest absolute Gasteiger partial charge is 0.251 e. The number of carbonyl (C=O) groups excluding carboxylic acids is 1. The number of amides is 1. The summed E-state index contributed by atoms with van der Waals surface area (Å²) >= 11 is 0. The van der Waals surface area contributed by atoms with E-state index in [9.17, 15) is 4.79 Å². The van der Waals surface area contributed by atoms with E-state index in [1.807, 2.05) is 44.5 Å². The summed E-state index contributed by atoms with van der Waals surface area (Å²) in [5.74, 6) is 1.12. The molecule has 3 rings (SSSR count). The highest BCUT2D eigenvalue weighted by atomic mass is 16.1. The van der Waals surface area contributed by atoms with Crippen LogP contribution in [0.3, 0.4) is 0 Å². The van der Waals surface area contributed by atoms with Crippen LogP contribution >= 0.6 is 0 Å². The van der Waals surface area contributed by atoms with Crippen molar-refractivity contribution >= 4 is 11.7 Å². The standard InChI is InChI=1S/C24H35N7O/c1-14-11-15(2)26-22(25-14)30-17(4)18(16(3)28-30)12-21(32)27-20-13-19(23(5,6)7)29-31(20)24(8,9)10/h11,13H,12H2,1-10H3,(H,27,32). The minimum absolute atomic E-state index is 0.108. The van der Waals surface area contributed by atoms with Gasteiger partial charge in [0, 0.05) is 34.1 Å². The van der Waals surface area contributed by atoms with Gasteiger partial charge in [-0.15, -0.1) is 0 Å². The number of hydrogen-bond donors (Lipinski definition) is 1. The number of hydrogen-bond acceptors (Lipinski definition) is 5. The summed E-state index contributed by atoms with van der Waals surface area (Å²) in [5, 5.41) is 12.5. The summed E-state index contributed by atoms with van der Waals surface area (Å²) < 4.78 is 3.60. The molecule has 3 heterocycles. The van der Waals surface area contributed by atoms with E-state index in [0.29, 0.717) is 11.8 Å². The number of anilines is 1. The molecule has 1 amide bonds. The Hall–Kier alpha value is -3.03. The van der Waals surface area contributed by atoms with E-state index < -0.39 is 0 Å². The lowest BCUT2D eigenvalue weighted by Gasteiger charge is -2.23. The molecule has 32 heavy (non-hydrogen) atoms. The normalized spacial score (nSPS) is 12.3. The summed E-state index contributed by atoms with van der Waals surface area (Å²) in [6.07, 6.45) is 0.211. The zero-order chi connectivity index (χ0) is 24.0. The first-order chi connectivity index (χ1) is 14.7. The van der Waals surface area contributed by atoms with Crippen LogP contribution < -0.4 is 5.32 Å². The van der Waals surface area contributed by atoms with Gasteiger partial charge in [0.2, 0.25) is 5.91 Å². The molecule has 0 unspecified atom stereocenters. The van der Waals surface area contributed by atoms with Crippen LogP contribution in [0, 0.1) is 27.7 Å². The van der Waals surface area contributed by atoms with E-state index >= 15 is 0 Å². The molecule has 8 heteroatoms. The van der Waals surface area contributed by atoms with Gasteiger partial charge in [-0.3, -0.25) is 4.79 Å². The predicted molar refractivity (Wildman–Crippen MR) is 126 cm³/mol. The zero-order valence-corrected chi connectivity index (χ0v) is 21.0. The van der Waals surface area contributed by atoms with Gasteiger partial charge in [-0.2, -0.15) is 10.2 Å². The third-order valence-corrected chi connectivity index (χ3v) is 5.32. The van der Waals surface area contributed by atoms with Gasteiger partial charge >= 0.3 is 0 Å². The quantitative estimate of drug-likeness (QED) is 0.656. The Labute approximate surface area is 190 Å². The van der Waals surface area contributed by atoms with Crippen LogP contribution in [0.2, 0.25) is 0 Å². The highest BCUT2D eigenvalue weighted by Gasteiger charge is 2.26. The number of aromatic nitrogens is 6. The van der Waals surface area contributed by atoms with Crippen LogP contribution in [0.4, 0.5) is 5.82 Å². The molecular weight excluding hydrogens is 402 g/mol. The molecule has 0 saturated heterocycles. The molecular formula is C24H35N7O. The maximum atomic E-state index is 13.1. The minimum atomic E-state index is -0.261. The van der Waals surface area contributed by atoms with Crippen molar-refractivity contribution in [1.82, 2.24) is 29.5 Å². The van der Waals surface area contributed by atoms with Crippen molar-refractivity contribution in [1.29, 1.82) is 0 Å². The molecule has 0 aliphatic heterocycles. The van der Waals surface area contributed by atoms with Crippen LogP contribution in [0.15, 0.2) is 12.1 Å². The Morgan fingerprint density at radius 2 is 1.53 bits per heavy atom. The molecule has 1 N–H and O–H groups in total. The van der Waals surface area contributed by atoms with Gasteiger partial charge in [0.15, 0.2) is 0 Å². The zero-order valence-electron chi connectivity index (χ0n) is 21.0. The van der Waals surface area contributed by atoms with Crippen molar-refractivity contribution in [3.63, 3.8) is 0 Å². The predicted octanol–water partition coefficient (Wildman–Crippen LogP) is 4.33. The van der Waals surface area contributed by atoms with Crippen LogP contribution in [0.25, 0.3) is 5.95 Å². The van der Waals surface area contributed by atoms with Gasteiger partial charge in [0.25, 0.3) is 5.95 Å². The molecule has 0 fully saturated rings. The maximum Gasteiger partial charge on any atom is 0.251 e. The lowest BCUT2D eigenvalue weighted by Crippen LogP contribution is -2.27. The largest absolute Gasteiger partial charge is 0.311 e. The third-order valence-electron chi connectivity index (χ3n) is 5.32. The fraction of sp³-hybridized carbons (Fsp3) is 0.542. The second-order valence-corrected chi connectivity index (χ2v) is 10.5. The second kappa shape index (κ2) is 8.15. The molecule has 3 aromatic rings. The minimum Gasteiger partial charge on any atom is -0.311 e. The van der Waals surface area contributed by atoms with Gasteiger partial charge in [-0.25, -0.2) is 19.3 Å². The first-order valence-corrected chi connectivity index (χ1v) is 11.0. The molecule has 0 aliphatic carbocycles. The van der Waals surface area contributed by atoms with E-state index in [0.717, 1.165) is 34.0 Å². The number of rotatable bonds is 4. The van der Waals surface area contributed by atoms with E-state index in [4.69, 9.17) is 5.10 Å². The Balaban J connectivity index is 1.89. The summed E-state index contributed by atoms with van der Waals surface area (Å²) in [6.45, 7) is 20.3. The van der Waals surface area contributed by atoms with E-state index in [1.165, 1.54) is 0 Å². The molecule has 0 aromatic carbocycles. The average Bonchev–Trinajstić information content (AvgIpc) is 3.17. The summed E-state index contributed by atoms with van der Waals surface area (Å²) in [4.78, 5) is 22.1. The third kappa shape index (κ3) is 4.89. The first-order valence-electron chi connectivity index (χ1n) is 11.0. The molecule has 0 radical (unpaired) electrons. The van der Waals surface area contributed by atoms with Gasteiger partial charge in [0.05, 0.1) is 23.3 Å². The van der Waals surface area contributed by atoms with Crippen LogP contribution in [-0.2, 0) is 22.2 Å².